The first-order chi connectivity index (χ1) is 15.8. The summed E-state index contributed by atoms with van der Waals surface area (Å²) in [6.07, 6.45) is 1.36. The van der Waals surface area contributed by atoms with E-state index in [4.69, 9.17) is 4.74 Å². The molecule has 3 aromatic carbocycles. The van der Waals surface area contributed by atoms with Gasteiger partial charge in [0.05, 0.1) is 18.3 Å². The number of hydrogen-bond donors (Lipinski definition) is 2. The van der Waals surface area contributed by atoms with E-state index >= 15 is 0 Å². The molecule has 0 spiro atoms. The molecule has 0 saturated carbocycles. The predicted molar refractivity (Wildman–Crippen MR) is 130 cm³/mol. The summed E-state index contributed by atoms with van der Waals surface area (Å²) >= 11 is 3.37. The van der Waals surface area contributed by atoms with E-state index in [1.165, 1.54) is 6.21 Å². The van der Waals surface area contributed by atoms with Crippen LogP contribution in [0.25, 0.3) is 0 Å². The van der Waals surface area contributed by atoms with Crippen LogP contribution in [-0.2, 0) is 4.79 Å². The fourth-order valence-electron chi connectivity index (χ4n) is 2.91. The van der Waals surface area contributed by atoms with E-state index in [0.717, 1.165) is 15.6 Å². The minimum atomic E-state index is -0.501. The van der Waals surface area contributed by atoms with Crippen molar-refractivity contribution in [2.24, 2.45) is 5.10 Å². The summed E-state index contributed by atoms with van der Waals surface area (Å²) in [5, 5.41) is 6.46. The van der Waals surface area contributed by atoms with Crippen molar-refractivity contribution in [1.82, 2.24) is 10.7 Å². The molecule has 0 bridgehead atoms. The zero-order valence-corrected chi connectivity index (χ0v) is 19.7. The van der Waals surface area contributed by atoms with Crippen LogP contribution in [0.4, 0.5) is 0 Å². The van der Waals surface area contributed by atoms with Crippen molar-refractivity contribution >= 4 is 39.9 Å². The minimum Gasteiger partial charge on any atom is -0.422 e. The molecule has 0 aliphatic rings. The van der Waals surface area contributed by atoms with Gasteiger partial charge in [-0.1, -0.05) is 51.3 Å². The molecule has 0 aliphatic carbocycles. The molecular weight excluding hydrogens is 486 g/mol. The number of hydrogen-bond acceptors (Lipinski definition) is 5. The van der Waals surface area contributed by atoms with Crippen molar-refractivity contribution in [2.45, 2.75) is 13.8 Å². The molecule has 0 unspecified atom stereocenters. The van der Waals surface area contributed by atoms with E-state index in [-0.39, 0.29) is 18.2 Å². The lowest BCUT2D eigenvalue weighted by Crippen LogP contribution is -2.34. The highest BCUT2D eigenvalue weighted by Crippen LogP contribution is 2.23. The highest BCUT2D eigenvalue weighted by Gasteiger charge is 2.12. The normalized spacial score (nSPS) is 10.6. The fraction of sp³-hybridized carbons (Fsp3) is 0.120. The van der Waals surface area contributed by atoms with Crippen molar-refractivity contribution in [3.8, 4) is 5.75 Å². The first-order valence-electron chi connectivity index (χ1n) is 10.1. The molecule has 2 amide bonds. The van der Waals surface area contributed by atoms with E-state index in [0.29, 0.717) is 16.7 Å². The summed E-state index contributed by atoms with van der Waals surface area (Å²) in [6, 6.07) is 19.2. The summed E-state index contributed by atoms with van der Waals surface area (Å²) in [4.78, 5) is 36.7. The zero-order valence-electron chi connectivity index (χ0n) is 18.1. The fourth-order valence-corrected chi connectivity index (χ4v) is 3.29. The second kappa shape index (κ2) is 11.2. The standard InChI is InChI=1S/C25H22BrN3O4/c1-16-5-3-7-18(11-16)24(31)27-15-23(30)29-28-14-20-13-21(26)9-10-22(20)33-25(32)19-8-4-6-17(2)12-19/h3-14H,15H2,1-2H3,(H,27,31)(H,29,30)/b28-14-. The molecule has 168 valence electrons. The summed E-state index contributed by atoms with van der Waals surface area (Å²) in [6.45, 7) is 3.53. The van der Waals surface area contributed by atoms with Crippen LogP contribution in [0, 0.1) is 13.8 Å². The van der Waals surface area contributed by atoms with Crippen molar-refractivity contribution < 1.29 is 19.1 Å². The number of amides is 2. The molecule has 0 radical (unpaired) electrons. The summed E-state index contributed by atoms with van der Waals surface area (Å²) in [7, 11) is 0. The van der Waals surface area contributed by atoms with Gasteiger partial charge in [-0.05, 0) is 56.3 Å². The van der Waals surface area contributed by atoms with Crippen LogP contribution < -0.4 is 15.5 Å². The lowest BCUT2D eigenvalue weighted by Gasteiger charge is -2.09. The molecule has 0 heterocycles. The summed E-state index contributed by atoms with van der Waals surface area (Å²) in [5.74, 6) is -1.07. The highest BCUT2D eigenvalue weighted by atomic mass is 79.9. The minimum absolute atomic E-state index is 0.238. The van der Waals surface area contributed by atoms with Gasteiger partial charge in [0.2, 0.25) is 0 Å². The zero-order chi connectivity index (χ0) is 23.8. The molecule has 33 heavy (non-hydrogen) atoms. The molecule has 0 aliphatic heterocycles. The Morgan fingerprint density at radius 1 is 0.939 bits per heavy atom. The summed E-state index contributed by atoms with van der Waals surface area (Å²) in [5.41, 5.74) is 5.62. The number of esters is 1. The quantitative estimate of drug-likeness (QED) is 0.217. The number of benzene rings is 3. The molecule has 2 N–H and O–H groups in total. The molecule has 3 aromatic rings. The Hall–Kier alpha value is -3.78. The Morgan fingerprint density at radius 2 is 1.61 bits per heavy atom. The Kier molecular flexibility index (Phi) is 8.10. The van der Waals surface area contributed by atoms with Gasteiger partial charge in [-0.3, -0.25) is 9.59 Å². The monoisotopic (exact) mass is 507 g/mol. The largest absolute Gasteiger partial charge is 0.422 e. The van der Waals surface area contributed by atoms with Crippen LogP contribution in [0.3, 0.4) is 0 Å². The number of nitrogens with zero attached hydrogens (tertiary/aromatic N) is 1. The number of carbonyl (C=O) groups is 3. The van der Waals surface area contributed by atoms with Gasteiger partial charge in [0.1, 0.15) is 5.75 Å². The van der Waals surface area contributed by atoms with E-state index < -0.39 is 11.9 Å². The molecule has 8 heteroatoms. The number of hydrazone groups is 1. The Bertz CT molecular complexity index is 1220. The van der Waals surface area contributed by atoms with Gasteiger partial charge >= 0.3 is 5.97 Å². The first-order valence-corrected chi connectivity index (χ1v) is 10.9. The van der Waals surface area contributed by atoms with E-state index in [2.05, 4.69) is 31.8 Å². The van der Waals surface area contributed by atoms with Crippen molar-refractivity contribution in [2.75, 3.05) is 6.54 Å². The lowest BCUT2D eigenvalue weighted by molar-refractivity contribution is -0.120. The van der Waals surface area contributed by atoms with Crippen LogP contribution in [0.5, 0.6) is 5.75 Å². The maximum Gasteiger partial charge on any atom is 0.343 e. The molecule has 7 nitrogen and oxygen atoms in total. The molecule has 3 rings (SSSR count). The third-order valence-corrected chi connectivity index (χ3v) is 5.00. The predicted octanol–water partition coefficient (Wildman–Crippen LogP) is 4.17. The summed E-state index contributed by atoms with van der Waals surface area (Å²) < 4.78 is 6.26. The van der Waals surface area contributed by atoms with Gasteiger partial charge in [-0.25, -0.2) is 10.2 Å². The maximum absolute atomic E-state index is 12.5. The lowest BCUT2D eigenvalue weighted by atomic mass is 10.1. The van der Waals surface area contributed by atoms with Crippen LogP contribution in [0.2, 0.25) is 0 Å². The van der Waals surface area contributed by atoms with Crippen molar-refractivity contribution in [3.05, 3.63) is 99.0 Å². The van der Waals surface area contributed by atoms with Crippen molar-refractivity contribution in [1.29, 1.82) is 0 Å². The molecule has 0 saturated heterocycles. The van der Waals surface area contributed by atoms with Gasteiger partial charge in [-0.15, -0.1) is 0 Å². The van der Waals surface area contributed by atoms with Crippen LogP contribution in [0.15, 0.2) is 76.3 Å². The van der Waals surface area contributed by atoms with Gasteiger partial charge in [0.25, 0.3) is 11.8 Å². The SMILES string of the molecule is Cc1cccc(C(=O)NCC(=O)N/N=C\c2cc(Br)ccc2OC(=O)c2cccc(C)c2)c1. The second-order valence-corrected chi connectivity index (χ2v) is 8.20. The van der Waals surface area contributed by atoms with Gasteiger partial charge in [-0.2, -0.15) is 5.10 Å². The average Bonchev–Trinajstić information content (AvgIpc) is 2.79. The van der Waals surface area contributed by atoms with Crippen LogP contribution >= 0.6 is 15.9 Å². The third-order valence-electron chi connectivity index (χ3n) is 4.51. The molecule has 0 atom stereocenters. The number of ether oxygens (including phenoxy) is 1. The third kappa shape index (κ3) is 7.11. The van der Waals surface area contributed by atoms with E-state index in [9.17, 15) is 14.4 Å². The van der Waals surface area contributed by atoms with Gasteiger partial charge in [0.15, 0.2) is 0 Å². The van der Waals surface area contributed by atoms with E-state index in [1.807, 2.05) is 26.0 Å². The van der Waals surface area contributed by atoms with Crippen molar-refractivity contribution in [3.63, 3.8) is 0 Å². The number of rotatable bonds is 7. The number of nitrogens with one attached hydrogen (secondary N) is 2. The van der Waals surface area contributed by atoms with Crippen LogP contribution in [0.1, 0.15) is 37.4 Å². The molecule has 0 fully saturated rings. The first kappa shape index (κ1) is 23.9. The molecular formula is C25H22BrN3O4. The van der Waals surface area contributed by atoms with E-state index in [1.54, 1.807) is 54.6 Å². The second-order valence-electron chi connectivity index (χ2n) is 7.29. The Morgan fingerprint density at radius 3 is 2.30 bits per heavy atom. The Balaban J connectivity index is 1.60. The van der Waals surface area contributed by atoms with Gasteiger partial charge in [0, 0.05) is 15.6 Å². The highest BCUT2D eigenvalue weighted by molar-refractivity contribution is 9.10. The number of halogens is 1. The number of aryl methyl sites for hydroxylation is 2. The van der Waals surface area contributed by atoms with Crippen LogP contribution in [-0.4, -0.2) is 30.5 Å². The maximum atomic E-state index is 12.5. The number of carbonyl (C=O) groups excluding carboxylic acids is 3. The Labute approximate surface area is 200 Å². The topological polar surface area (TPSA) is 96.9 Å². The smallest absolute Gasteiger partial charge is 0.343 e. The molecule has 0 aromatic heterocycles. The van der Waals surface area contributed by atoms with Gasteiger partial charge < -0.3 is 10.1 Å². The average molecular weight is 508 g/mol.